The lowest BCUT2D eigenvalue weighted by atomic mass is 10.1. The maximum Gasteiger partial charge on any atom is 0.423 e. The van der Waals surface area contributed by atoms with Gasteiger partial charge in [-0.15, -0.1) is 0 Å². The zero-order chi connectivity index (χ0) is 19.0. The number of hydrogen-bond acceptors (Lipinski definition) is 4. The average Bonchev–Trinajstić information content (AvgIpc) is 3.04. The van der Waals surface area contributed by atoms with Crippen LogP contribution in [0.2, 0.25) is 0 Å². The van der Waals surface area contributed by atoms with Crippen LogP contribution < -0.4 is 15.6 Å². The molecule has 1 aliphatic rings. The van der Waals surface area contributed by atoms with Gasteiger partial charge in [0.25, 0.3) is 5.56 Å². The highest BCUT2D eigenvalue weighted by atomic mass is 19.4. The van der Waals surface area contributed by atoms with Gasteiger partial charge in [-0.05, 0) is 37.6 Å². The van der Waals surface area contributed by atoms with E-state index in [9.17, 15) is 18.0 Å². The maximum absolute atomic E-state index is 13.3. The fourth-order valence-electron chi connectivity index (χ4n) is 3.30. The normalized spacial score (nSPS) is 18.0. The molecule has 2 aromatic heterocycles. The van der Waals surface area contributed by atoms with E-state index in [0.29, 0.717) is 11.1 Å². The molecule has 1 aliphatic heterocycles. The van der Waals surface area contributed by atoms with E-state index in [2.05, 4.69) is 10.4 Å². The second-order valence-corrected chi connectivity index (χ2v) is 6.50. The Kier molecular flexibility index (Phi) is 4.39. The zero-order valence-corrected chi connectivity index (χ0v) is 14.2. The number of piperidine rings is 1. The fraction of sp³-hybridized carbons (Fsp3) is 0.333. The van der Waals surface area contributed by atoms with E-state index < -0.39 is 17.3 Å². The molecule has 0 saturated carbocycles. The topological polar surface area (TPSA) is 71.9 Å². The van der Waals surface area contributed by atoms with Crippen molar-refractivity contribution in [3.8, 4) is 11.4 Å². The summed E-state index contributed by atoms with van der Waals surface area (Å²) in [6.45, 7) is 1.75. The molecule has 1 fully saturated rings. The molecule has 27 heavy (non-hydrogen) atoms. The first-order valence-electron chi connectivity index (χ1n) is 8.56. The van der Waals surface area contributed by atoms with Crippen molar-refractivity contribution in [2.24, 2.45) is 0 Å². The van der Waals surface area contributed by atoms with Crippen LogP contribution in [0.25, 0.3) is 16.5 Å². The second-order valence-electron chi connectivity index (χ2n) is 6.50. The van der Waals surface area contributed by atoms with E-state index in [1.165, 1.54) is 17.0 Å². The van der Waals surface area contributed by atoms with Crippen molar-refractivity contribution in [2.45, 2.75) is 25.1 Å². The van der Waals surface area contributed by atoms with Crippen LogP contribution in [0.4, 0.5) is 13.2 Å². The molecule has 1 aromatic carbocycles. The first kappa shape index (κ1) is 17.6. The summed E-state index contributed by atoms with van der Waals surface area (Å²) in [5.41, 5.74) is -2.87. The molecule has 0 aliphatic carbocycles. The fourth-order valence-corrected chi connectivity index (χ4v) is 3.30. The van der Waals surface area contributed by atoms with Gasteiger partial charge in [-0.1, -0.05) is 0 Å². The van der Waals surface area contributed by atoms with Crippen molar-refractivity contribution in [3.05, 3.63) is 52.7 Å². The number of halogens is 3. The lowest BCUT2D eigenvalue weighted by molar-refractivity contribution is -0.138. The molecule has 3 heterocycles. The molecule has 1 saturated heterocycles. The number of ether oxygens (including phenoxy) is 1. The smallest absolute Gasteiger partial charge is 0.423 e. The highest BCUT2D eigenvalue weighted by molar-refractivity contribution is 5.84. The van der Waals surface area contributed by atoms with Crippen molar-refractivity contribution in [1.29, 1.82) is 0 Å². The van der Waals surface area contributed by atoms with Gasteiger partial charge in [-0.25, -0.2) is 5.10 Å². The molecule has 4 rings (SSSR count). The van der Waals surface area contributed by atoms with E-state index in [1.54, 1.807) is 18.2 Å². The minimum Gasteiger partial charge on any atom is -0.489 e. The third kappa shape index (κ3) is 3.55. The summed E-state index contributed by atoms with van der Waals surface area (Å²) >= 11 is 0. The van der Waals surface area contributed by atoms with Gasteiger partial charge in [-0.3, -0.25) is 4.79 Å². The molecule has 0 bridgehead atoms. The van der Waals surface area contributed by atoms with Gasteiger partial charge in [0.05, 0.1) is 11.9 Å². The van der Waals surface area contributed by atoms with E-state index in [1.807, 2.05) is 5.10 Å². The summed E-state index contributed by atoms with van der Waals surface area (Å²) in [7, 11) is 0. The third-order valence-corrected chi connectivity index (χ3v) is 4.57. The Bertz CT molecular complexity index is 1020. The predicted molar refractivity (Wildman–Crippen MR) is 93.2 cm³/mol. The van der Waals surface area contributed by atoms with Crippen molar-refractivity contribution in [3.63, 3.8) is 0 Å². The number of hydrogen-bond donors (Lipinski definition) is 2. The van der Waals surface area contributed by atoms with Crippen molar-refractivity contribution >= 4 is 10.8 Å². The number of rotatable bonds is 3. The van der Waals surface area contributed by atoms with Crippen LogP contribution >= 0.6 is 0 Å². The Morgan fingerprint density at radius 3 is 2.78 bits per heavy atom. The summed E-state index contributed by atoms with van der Waals surface area (Å²) in [4.78, 5) is 11.7. The minimum atomic E-state index is -4.79. The van der Waals surface area contributed by atoms with Crippen molar-refractivity contribution in [2.75, 3.05) is 13.1 Å². The van der Waals surface area contributed by atoms with Crippen LogP contribution in [0.5, 0.6) is 5.75 Å². The predicted octanol–water partition coefficient (Wildman–Crippen LogP) is 2.86. The molecule has 0 spiro atoms. The molecule has 6 nitrogen and oxygen atoms in total. The summed E-state index contributed by atoms with van der Waals surface area (Å²) in [6, 6.07) is 5.36. The minimum absolute atomic E-state index is 0.0759. The Morgan fingerprint density at radius 2 is 2.04 bits per heavy atom. The molecule has 0 radical (unpaired) electrons. The van der Waals surface area contributed by atoms with Crippen LogP contribution in [-0.4, -0.2) is 34.0 Å². The first-order chi connectivity index (χ1) is 12.9. The largest absolute Gasteiger partial charge is 0.489 e. The number of alkyl halides is 3. The summed E-state index contributed by atoms with van der Waals surface area (Å²) in [5, 5.41) is 10.1. The molecule has 9 heteroatoms. The number of aromatic amines is 1. The highest BCUT2D eigenvalue weighted by Gasteiger charge is 2.37. The van der Waals surface area contributed by atoms with E-state index >= 15 is 0 Å². The second kappa shape index (κ2) is 6.73. The Balaban J connectivity index is 1.70. The molecular weight excluding hydrogens is 361 g/mol. The number of fused-ring (bicyclic) bond motifs is 1. The van der Waals surface area contributed by atoms with Crippen LogP contribution in [0.1, 0.15) is 18.4 Å². The molecule has 3 aromatic rings. The Labute approximate surface area is 152 Å². The monoisotopic (exact) mass is 378 g/mol. The maximum atomic E-state index is 13.3. The summed E-state index contributed by atoms with van der Waals surface area (Å²) in [6.07, 6.45) is 1.35. The summed E-state index contributed by atoms with van der Waals surface area (Å²) < 4.78 is 47.1. The first-order valence-corrected chi connectivity index (χ1v) is 8.56. The number of aromatic nitrogens is 3. The van der Waals surface area contributed by atoms with Gasteiger partial charge >= 0.3 is 6.18 Å². The third-order valence-electron chi connectivity index (χ3n) is 4.57. The van der Waals surface area contributed by atoms with Gasteiger partial charge in [-0.2, -0.15) is 18.3 Å². The van der Waals surface area contributed by atoms with Crippen LogP contribution in [0, 0.1) is 0 Å². The number of nitrogens with one attached hydrogen (secondary N) is 2. The molecule has 0 amide bonds. The highest BCUT2D eigenvalue weighted by Crippen LogP contribution is 2.32. The quantitative estimate of drug-likeness (QED) is 0.735. The Hall–Kier alpha value is -2.81. The summed E-state index contributed by atoms with van der Waals surface area (Å²) in [5.74, 6) is 0.661. The lowest BCUT2D eigenvalue weighted by Crippen LogP contribution is -2.37. The van der Waals surface area contributed by atoms with Gasteiger partial charge in [0, 0.05) is 29.7 Å². The molecule has 0 unspecified atom stereocenters. The molecule has 2 N–H and O–H groups in total. The molecular formula is C18H17F3N4O2. The van der Waals surface area contributed by atoms with Crippen LogP contribution in [-0.2, 0) is 6.18 Å². The van der Waals surface area contributed by atoms with Gasteiger partial charge in [0.2, 0.25) is 0 Å². The van der Waals surface area contributed by atoms with E-state index in [-0.39, 0.29) is 11.8 Å². The lowest BCUT2D eigenvalue weighted by Gasteiger charge is -2.23. The standard InChI is InChI=1S/C18H17F3N4O2/c19-18(20,21)16-15(8-23-24-17(16)26)25-9-11-3-4-13(6-12(11)10-25)27-14-2-1-5-22-7-14/h3-4,6,8-10,14,22H,1-2,5,7H2,(H,24,26)/t14-/m1/s1. The SMILES string of the molecule is O=c1[nH]ncc(-n2cc3ccc(O[C@@H]4CCCNC4)cc3c2)c1C(F)(F)F. The molecule has 1 atom stereocenters. The van der Waals surface area contributed by atoms with Crippen LogP contribution in [0.3, 0.4) is 0 Å². The molecule has 142 valence electrons. The zero-order valence-electron chi connectivity index (χ0n) is 14.2. The van der Waals surface area contributed by atoms with Crippen LogP contribution in [0.15, 0.2) is 41.6 Å². The van der Waals surface area contributed by atoms with E-state index in [4.69, 9.17) is 4.74 Å². The van der Waals surface area contributed by atoms with Crippen molar-refractivity contribution < 1.29 is 17.9 Å². The van der Waals surface area contributed by atoms with E-state index in [0.717, 1.165) is 37.5 Å². The average molecular weight is 378 g/mol. The van der Waals surface area contributed by atoms with Gasteiger partial charge < -0.3 is 14.6 Å². The van der Waals surface area contributed by atoms with Gasteiger partial charge in [0.1, 0.15) is 17.4 Å². The number of benzene rings is 1. The van der Waals surface area contributed by atoms with Crippen molar-refractivity contribution in [1.82, 2.24) is 20.1 Å². The number of H-pyrrole nitrogens is 1. The van der Waals surface area contributed by atoms with Gasteiger partial charge in [0.15, 0.2) is 0 Å². The number of nitrogens with zero attached hydrogens (tertiary/aromatic N) is 2. The Morgan fingerprint density at radius 1 is 1.22 bits per heavy atom.